The van der Waals surface area contributed by atoms with Crippen molar-refractivity contribution in [1.29, 1.82) is 0 Å². The van der Waals surface area contributed by atoms with Crippen molar-refractivity contribution >= 4 is 18.0 Å². The van der Waals surface area contributed by atoms with Gasteiger partial charge in [0.15, 0.2) is 0 Å². The summed E-state index contributed by atoms with van der Waals surface area (Å²) in [6.07, 6.45) is -1.56. The fourth-order valence-electron chi connectivity index (χ4n) is 4.76. The number of aliphatic carboxylic acids is 1. The number of aliphatic hydroxyl groups excluding tert-OH is 1. The maximum absolute atomic E-state index is 13.0. The zero-order valence-electron chi connectivity index (χ0n) is 18.7. The molecule has 1 saturated heterocycles. The van der Waals surface area contributed by atoms with Crippen LogP contribution in [0, 0.1) is 5.92 Å². The number of rotatable bonds is 5. The van der Waals surface area contributed by atoms with Gasteiger partial charge in [-0.05, 0) is 42.5 Å². The molecular formula is C25H28N2O6. The van der Waals surface area contributed by atoms with Crippen LogP contribution in [0.15, 0.2) is 48.5 Å². The van der Waals surface area contributed by atoms with Crippen molar-refractivity contribution in [2.45, 2.75) is 37.8 Å². The van der Waals surface area contributed by atoms with Gasteiger partial charge in [0, 0.05) is 19.0 Å². The average molecular weight is 453 g/mol. The quantitative estimate of drug-likeness (QED) is 0.642. The maximum atomic E-state index is 13.0. The molecule has 8 nitrogen and oxygen atoms in total. The zero-order valence-corrected chi connectivity index (χ0v) is 18.7. The lowest BCUT2D eigenvalue weighted by molar-refractivity contribution is -0.150. The van der Waals surface area contributed by atoms with Crippen molar-refractivity contribution in [2.75, 3.05) is 19.7 Å². The van der Waals surface area contributed by atoms with E-state index in [9.17, 15) is 24.6 Å². The predicted molar refractivity (Wildman–Crippen MR) is 121 cm³/mol. The molecule has 4 rings (SSSR count). The summed E-state index contributed by atoms with van der Waals surface area (Å²) in [6, 6.07) is 16.0. The number of benzene rings is 2. The number of aliphatic hydroxyl groups is 1. The van der Waals surface area contributed by atoms with Crippen LogP contribution >= 0.6 is 0 Å². The number of carboxylic acids is 1. The van der Waals surface area contributed by atoms with E-state index in [0.717, 1.165) is 22.3 Å². The lowest BCUT2D eigenvalue weighted by Gasteiger charge is -2.38. The first-order valence-electron chi connectivity index (χ1n) is 11.0. The second-order valence-electron chi connectivity index (χ2n) is 9.21. The highest BCUT2D eigenvalue weighted by molar-refractivity contribution is 5.89. The van der Waals surface area contributed by atoms with Gasteiger partial charge < -0.3 is 25.2 Å². The summed E-state index contributed by atoms with van der Waals surface area (Å²) in [5, 5.41) is 21.9. The molecule has 0 bridgehead atoms. The lowest BCUT2D eigenvalue weighted by Crippen LogP contribution is -2.59. The van der Waals surface area contributed by atoms with Gasteiger partial charge >= 0.3 is 12.1 Å². The van der Waals surface area contributed by atoms with E-state index >= 15 is 0 Å². The average Bonchev–Trinajstić information content (AvgIpc) is 3.10. The van der Waals surface area contributed by atoms with Crippen molar-refractivity contribution in [3.05, 3.63) is 59.7 Å². The Labute approximate surface area is 192 Å². The number of nitrogens with one attached hydrogen (secondary N) is 1. The Morgan fingerprint density at radius 1 is 1.03 bits per heavy atom. The molecule has 33 heavy (non-hydrogen) atoms. The summed E-state index contributed by atoms with van der Waals surface area (Å²) in [5.41, 5.74) is 3.08. The van der Waals surface area contributed by atoms with E-state index in [0.29, 0.717) is 0 Å². The fraction of sp³-hybridized carbons (Fsp3) is 0.400. The van der Waals surface area contributed by atoms with Gasteiger partial charge in [-0.15, -0.1) is 0 Å². The number of β-amino-alcohol motifs (C(OH)–C–C–N with tert-alkyl or cyclic N) is 1. The van der Waals surface area contributed by atoms with Gasteiger partial charge in [0.05, 0.1) is 12.0 Å². The van der Waals surface area contributed by atoms with E-state index in [1.807, 2.05) is 48.5 Å². The lowest BCUT2D eigenvalue weighted by atomic mass is 9.93. The molecule has 1 fully saturated rings. The smallest absolute Gasteiger partial charge is 0.408 e. The number of ether oxygens (including phenoxy) is 1. The first kappa shape index (κ1) is 22.8. The highest BCUT2D eigenvalue weighted by Gasteiger charge is 2.40. The van der Waals surface area contributed by atoms with Crippen molar-refractivity contribution in [3.63, 3.8) is 0 Å². The first-order valence-corrected chi connectivity index (χ1v) is 11.0. The number of carbonyl (C=O) groups is 3. The molecule has 3 N–H and O–H groups in total. The maximum Gasteiger partial charge on any atom is 0.408 e. The Hall–Kier alpha value is -3.39. The van der Waals surface area contributed by atoms with Crippen LogP contribution in [-0.4, -0.2) is 64.4 Å². The van der Waals surface area contributed by atoms with Crippen LogP contribution in [-0.2, 0) is 14.3 Å². The highest BCUT2D eigenvalue weighted by atomic mass is 16.5. The number of alkyl carbamates (subject to hydrolysis) is 1. The van der Waals surface area contributed by atoms with Crippen LogP contribution in [0.2, 0.25) is 0 Å². The molecule has 0 radical (unpaired) electrons. The third-order valence-corrected chi connectivity index (χ3v) is 6.36. The number of carbonyl (C=O) groups excluding carboxylic acids is 2. The molecule has 2 aromatic carbocycles. The number of hydrogen-bond donors (Lipinski definition) is 3. The largest absolute Gasteiger partial charge is 0.481 e. The minimum atomic E-state index is -1.33. The molecule has 1 aliphatic heterocycles. The zero-order chi connectivity index (χ0) is 23.8. The molecule has 2 atom stereocenters. The molecule has 2 aromatic rings. The van der Waals surface area contributed by atoms with Crippen LogP contribution in [0.4, 0.5) is 4.79 Å². The number of amides is 2. The van der Waals surface area contributed by atoms with Crippen molar-refractivity contribution in [2.24, 2.45) is 5.92 Å². The Morgan fingerprint density at radius 2 is 1.61 bits per heavy atom. The molecular weight excluding hydrogens is 424 g/mol. The SMILES string of the molecule is CC(C)(NC(=O)OCC1c2ccccc2-c2ccccc21)C(=O)N1CC(O)CC(C(=O)O)C1. The minimum Gasteiger partial charge on any atom is -0.481 e. The Bertz CT molecular complexity index is 1040. The van der Waals surface area contributed by atoms with E-state index in [2.05, 4.69) is 5.32 Å². The summed E-state index contributed by atoms with van der Waals surface area (Å²) < 4.78 is 5.53. The molecule has 1 aliphatic carbocycles. The first-order chi connectivity index (χ1) is 15.7. The third-order valence-electron chi connectivity index (χ3n) is 6.36. The number of piperidine rings is 1. The fourth-order valence-corrected chi connectivity index (χ4v) is 4.76. The van der Waals surface area contributed by atoms with Gasteiger partial charge in [-0.25, -0.2) is 4.79 Å². The monoisotopic (exact) mass is 452 g/mol. The van der Waals surface area contributed by atoms with E-state index in [1.165, 1.54) is 18.7 Å². The molecule has 2 unspecified atom stereocenters. The topological polar surface area (TPSA) is 116 Å². The van der Waals surface area contributed by atoms with E-state index in [1.54, 1.807) is 0 Å². The van der Waals surface area contributed by atoms with E-state index in [4.69, 9.17) is 4.74 Å². The van der Waals surface area contributed by atoms with Crippen molar-refractivity contribution in [3.8, 4) is 11.1 Å². The van der Waals surface area contributed by atoms with Crippen LogP contribution in [0.25, 0.3) is 11.1 Å². The number of likely N-dealkylation sites (tertiary alicyclic amines) is 1. The molecule has 2 aliphatic rings. The van der Waals surface area contributed by atoms with Crippen molar-refractivity contribution < 1.29 is 29.3 Å². The third kappa shape index (κ3) is 4.57. The van der Waals surface area contributed by atoms with Crippen molar-refractivity contribution in [1.82, 2.24) is 10.2 Å². The van der Waals surface area contributed by atoms with Gasteiger partial charge in [0.1, 0.15) is 12.1 Å². The summed E-state index contributed by atoms with van der Waals surface area (Å²) in [5.74, 6) is -2.48. The predicted octanol–water partition coefficient (Wildman–Crippen LogP) is 2.60. The van der Waals surface area contributed by atoms with Gasteiger partial charge in [0.2, 0.25) is 5.91 Å². The van der Waals surface area contributed by atoms with Gasteiger partial charge in [-0.3, -0.25) is 9.59 Å². The second-order valence-corrected chi connectivity index (χ2v) is 9.21. The minimum absolute atomic E-state index is 0.0129. The van der Waals surface area contributed by atoms with Gasteiger partial charge in [-0.1, -0.05) is 48.5 Å². The standard InChI is InChI=1S/C25H28N2O6/c1-25(2,23(31)27-12-15(22(29)30)11-16(28)13-27)26-24(32)33-14-21-19-9-5-3-7-17(19)18-8-4-6-10-20(18)21/h3-10,15-16,21,28H,11-14H2,1-2H3,(H,26,32)(H,29,30). The van der Waals surface area contributed by atoms with E-state index < -0.39 is 35.5 Å². The Kier molecular flexibility index (Phi) is 6.12. The molecule has 1 heterocycles. The van der Waals surface area contributed by atoms with Gasteiger partial charge in [-0.2, -0.15) is 0 Å². The van der Waals surface area contributed by atoms with Gasteiger partial charge in [0.25, 0.3) is 0 Å². The van der Waals surface area contributed by atoms with Crippen LogP contribution in [0.1, 0.15) is 37.3 Å². The van der Waals surface area contributed by atoms with Crippen LogP contribution < -0.4 is 5.32 Å². The highest BCUT2D eigenvalue weighted by Crippen LogP contribution is 2.44. The second kappa shape index (κ2) is 8.86. The molecule has 174 valence electrons. The number of nitrogens with zero attached hydrogens (tertiary/aromatic N) is 1. The molecule has 0 spiro atoms. The number of hydrogen-bond acceptors (Lipinski definition) is 5. The Balaban J connectivity index is 1.40. The molecule has 0 saturated carbocycles. The molecule has 8 heteroatoms. The molecule has 0 aromatic heterocycles. The van der Waals surface area contributed by atoms with E-state index in [-0.39, 0.29) is 32.0 Å². The van der Waals surface area contributed by atoms with Crippen LogP contribution in [0.5, 0.6) is 0 Å². The summed E-state index contributed by atoms with van der Waals surface area (Å²) in [7, 11) is 0. The molecule has 2 amide bonds. The van der Waals surface area contributed by atoms with Crippen LogP contribution in [0.3, 0.4) is 0 Å². The number of carboxylic acid groups (broad SMARTS) is 1. The summed E-state index contributed by atoms with van der Waals surface area (Å²) in [6.45, 7) is 3.20. The Morgan fingerprint density at radius 3 is 2.18 bits per heavy atom. The summed E-state index contributed by atoms with van der Waals surface area (Å²) in [4.78, 5) is 38.3. The summed E-state index contributed by atoms with van der Waals surface area (Å²) >= 11 is 0. The normalized spacial score (nSPS) is 20.0. The number of fused-ring (bicyclic) bond motifs is 3.